The zero-order chi connectivity index (χ0) is 10.1. The maximum absolute atomic E-state index is 11.1. The molecule has 4 nitrogen and oxygen atoms in total. The Hall–Kier alpha value is -0.230. The number of hydrogen-bond acceptors (Lipinski definition) is 4. The first-order chi connectivity index (χ1) is 5.94. The molecule has 0 saturated carbocycles. The Morgan fingerprint density at radius 3 is 2.54 bits per heavy atom. The predicted octanol–water partition coefficient (Wildman–Crippen LogP) is -0.392. The highest BCUT2D eigenvalue weighted by Gasteiger charge is 2.35. The van der Waals surface area contributed by atoms with Crippen LogP contribution in [0.3, 0.4) is 0 Å². The van der Waals surface area contributed by atoms with E-state index in [2.05, 4.69) is 17.9 Å². The van der Waals surface area contributed by atoms with Crippen LogP contribution in [0, 0.1) is 0 Å². The molecule has 0 unspecified atom stereocenters. The van der Waals surface area contributed by atoms with Gasteiger partial charge in [-0.2, -0.15) is 12.6 Å². The van der Waals surface area contributed by atoms with E-state index in [-0.39, 0.29) is 28.7 Å². The molecule has 0 radical (unpaired) electrons. The number of nitrogens with one attached hydrogen (secondary N) is 1. The zero-order valence-corrected chi connectivity index (χ0v) is 9.07. The van der Waals surface area contributed by atoms with Crippen molar-refractivity contribution in [3.8, 4) is 0 Å². The van der Waals surface area contributed by atoms with Gasteiger partial charge in [-0.15, -0.1) is 0 Å². The molecule has 0 aromatic heterocycles. The Labute approximate surface area is 83.4 Å². The highest BCUT2D eigenvalue weighted by molar-refractivity contribution is 7.93. The fourth-order valence-electron chi connectivity index (χ4n) is 1.28. The van der Waals surface area contributed by atoms with Crippen LogP contribution in [-0.2, 0) is 14.6 Å². The van der Waals surface area contributed by atoms with Gasteiger partial charge in [0, 0.05) is 11.7 Å². The Kier molecular flexibility index (Phi) is 3.23. The fourth-order valence-corrected chi connectivity index (χ4v) is 4.03. The van der Waals surface area contributed by atoms with E-state index >= 15 is 0 Å². The van der Waals surface area contributed by atoms with Crippen LogP contribution in [0.4, 0.5) is 0 Å². The summed E-state index contributed by atoms with van der Waals surface area (Å²) < 4.78 is 22.2. The minimum Gasteiger partial charge on any atom is -0.351 e. The number of carbonyl (C=O) groups is 1. The van der Waals surface area contributed by atoms with Crippen LogP contribution in [0.15, 0.2) is 0 Å². The standard InChI is InChI=1S/C7H13NO3S2/c1-2-7(9)8-5-3-13(10,11)4-6(5)12/h5-6,12H,2-4H2,1H3,(H,8,9)/t5-,6+/m1/s1. The molecular weight excluding hydrogens is 210 g/mol. The van der Waals surface area contributed by atoms with Gasteiger partial charge < -0.3 is 5.32 Å². The van der Waals surface area contributed by atoms with Crippen LogP contribution in [0.5, 0.6) is 0 Å². The molecule has 0 aromatic carbocycles. The van der Waals surface area contributed by atoms with Crippen molar-refractivity contribution in [1.82, 2.24) is 5.32 Å². The van der Waals surface area contributed by atoms with E-state index < -0.39 is 9.84 Å². The second kappa shape index (κ2) is 3.88. The first-order valence-electron chi connectivity index (χ1n) is 4.12. The van der Waals surface area contributed by atoms with Crippen molar-refractivity contribution in [3.63, 3.8) is 0 Å². The molecule has 1 N–H and O–H groups in total. The molecule has 1 aliphatic rings. The Morgan fingerprint density at radius 2 is 2.15 bits per heavy atom. The van der Waals surface area contributed by atoms with Crippen molar-refractivity contribution in [2.24, 2.45) is 0 Å². The number of rotatable bonds is 2. The summed E-state index contributed by atoms with van der Waals surface area (Å²) >= 11 is 4.12. The maximum atomic E-state index is 11.1. The lowest BCUT2D eigenvalue weighted by Gasteiger charge is -2.13. The van der Waals surface area contributed by atoms with E-state index in [0.717, 1.165) is 0 Å². The predicted molar refractivity (Wildman–Crippen MR) is 53.6 cm³/mol. The lowest BCUT2D eigenvalue weighted by atomic mass is 10.2. The Morgan fingerprint density at radius 1 is 1.54 bits per heavy atom. The van der Waals surface area contributed by atoms with E-state index in [0.29, 0.717) is 6.42 Å². The fraction of sp³-hybridized carbons (Fsp3) is 0.857. The largest absolute Gasteiger partial charge is 0.351 e. The first-order valence-corrected chi connectivity index (χ1v) is 6.46. The van der Waals surface area contributed by atoms with Gasteiger partial charge >= 0.3 is 0 Å². The number of sulfone groups is 1. The molecule has 0 spiro atoms. The van der Waals surface area contributed by atoms with Crippen molar-refractivity contribution in [2.75, 3.05) is 11.5 Å². The Balaban J connectivity index is 2.59. The van der Waals surface area contributed by atoms with Gasteiger partial charge in [0.25, 0.3) is 0 Å². The Bertz CT molecular complexity index is 299. The van der Waals surface area contributed by atoms with Crippen LogP contribution >= 0.6 is 12.6 Å². The highest BCUT2D eigenvalue weighted by Crippen LogP contribution is 2.17. The van der Waals surface area contributed by atoms with Crippen molar-refractivity contribution in [1.29, 1.82) is 0 Å². The average molecular weight is 223 g/mol. The third-order valence-corrected chi connectivity index (χ3v) is 4.51. The van der Waals surface area contributed by atoms with Crippen LogP contribution < -0.4 is 5.32 Å². The summed E-state index contributed by atoms with van der Waals surface area (Å²) in [5, 5.41) is 2.38. The van der Waals surface area contributed by atoms with Crippen molar-refractivity contribution in [3.05, 3.63) is 0 Å². The minimum absolute atomic E-state index is 0.0207. The van der Waals surface area contributed by atoms with E-state index in [1.54, 1.807) is 6.92 Å². The summed E-state index contributed by atoms with van der Waals surface area (Å²) in [6, 6.07) is -0.319. The lowest BCUT2D eigenvalue weighted by molar-refractivity contribution is -0.121. The number of hydrogen-bond donors (Lipinski definition) is 2. The van der Waals surface area contributed by atoms with Gasteiger partial charge in [0.2, 0.25) is 5.91 Å². The summed E-state index contributed by atoms with van der Waals surface area (Å²) in [5.41, 5.74) is 0. The molecule has 0 aromatic rings. The van der Waals surface area contributed by atoms with Crippen LogP contribution in [0.25, 0.3) is 0 Å². The normalized spacial score (nSPS) is 31.5. The van der Waals surface area contributed by atoms with Crippen LogP contribution in [-0.4, -0.2) is 37.1 Å². The average Bonchev–Trinajstić information content (AvgIpc) is 2.24. The van der Waals surface area contributed by atoms with Crippen LogP contribution in [0.2, 0.25) is 0 Å². The third kappa shape index (κ3) is 2.87. The van der Waals surface area contributed by atoms with E-state index in [1.807, 2.05) is 0 Å². The number of amides is 1. The van der Waals surface area contributed by atoms with E-state index in [1.165, 1.54) is 0 Å². The van der Waals surface area contributed by atoms with Crippen molar-refractivity contribution < 1.29 is 13.2 Å². The van der Waals surface area contributed by atoms with E-state index in [9.17, 15) is 13.2 Å². The topological polar surface area (TPSA) is 63.2 Å². The maximum Gasteiger partial charge on any atom is 0.219 e. The molecule has 1 saturated heterocycles. The summed E-state index contributed by atoms with van der Waals surface area (Å²) in [4.78, 5) is 11.0. The minimum atomic E-state index is -2.99. The molecule has 0 aliphatic carbocycles. The quantitative estimate of drug-likeness (QED) is 0.627. The summed E-state index contributed by atoms with van der Waals surface area (Å²) in [6.07, 6.45) is 0.372. The molecule has 2 atom stereocenters. The molecule has 0 bridgehead atoms. The highest BCUT2D eigenvalue weighted by atomic mass is 32.2. The van der Waals surface area contributed by atoms with Gasteiger partial charge in [-0.1, -0.05) is 6.92 Å². The van der Waals surface area contributed by atoms with Gasteiger partial charge in [0.05, 0.1) is 17.5 Å². The molecule has 13 heavy (non-hydrogen) atoms. The summed E-state index contributed by atoms with van der Waals surface area (Å²) in [7, 11) is -2.99. The van der Waals surface area contributed by atoms with Gasteiger partial charge in [0.15, 0.2) is 9.84 Å². The van der Waals surface area contributed by atoms with Gasteiger partial charge in [-0.3, -0.25) is 4.79 Å². The summed E-state index contributed by atoms with van der Waals surface area (Å²) in [5.74, 6) is -0.0429. The molecule has 1 fully saturated rings. The second-order valence-corrected chi connectivity index (χ2v) is 5.99. The third-order valence-electron chi connectivity index (χ3n) is 1.99. The molecule has 1 heterocycles. The zero-order valence-electron chi connectivity index (χ0n) is 7.36. The number of thiol groups is 1. The first kappa shape index (κ1) is 10.8. The van der Waals surface area contributed by atoms with Crippen LogP contribution in [0.1, 0.15) is 13.3 Å². The molecule has 1 rings (SSSR count). The lowest BCUT2D eigenvalue weighted by Crippen LogP contribution is -2.40. The van der Waals surface area contributed by atoms with Crippen molar-refractivity contribution in [2.45, 2.75) is 24.6 Å². The molecule has 1 amide bonds. The van der Waals surface area contributed by atoms with Gasteiger partial charge in [-0.25, -0.2) is 8.42 Å². The van der Waals surface area contributed by atoms with Crippen molar-refractivity contribution >= 4 is 28.4 Å². The molecule has 76 valence electrons. The summed E-state index contributed by atoms with van der Waals surface area (Å²) in [6.45, 7) is 1.73. The molecule has 6 heteroatoms. The molecular formula is C7H13NO3S2. The monoisotopic (exact) mass is 223 g/mol. The smallest absolute Gasteiger partial charge is 0.219 e. The van der Waals surface area contributed by atoms with Gasteiger partial charge in [-0.05, 0) is 0 Å². The van der Waals surface area contributed by atoms with E-state index in [4.69, 9.17) is 0 Å². The molecule has 1 aliphatic heterocycles. The second-order valence-electron chi connectivity index (χ2n) is 3.17. The van der Waals surface area contributed by atoms with Gasteiger partial charge in [0.1, 0.15) is 0 Å². The number of carbonyl (C=O) groups excluding carboxylic acids is 1. The SMILES string of the molecule is CCC(=O)N[C@@H]1CS(=O)(=O)C[C@@H]1S.